The number of aromatic nitrogens is 2. The number of sulfonamides is 1. The number of anilines is 1. The maximum atomic E-state index is 12.5. The van der Waals surface area contributed by atoms with Crippen LogP contribution < -0.4 is 10.6 Å². The number of unbranched alkanes of at least 4 members (excludes halogenated alkanes) is 1. The van der Waals surface area contributed by atoms with Gasteiger partial charge in [-0.2, -0.15) is 4.31 Å². The fraction of sp³-hybridized carbons (Fsp3) is 0.526. The van der Waals surface area contributed by atoms with E-state index in [0.717, 1.165) is 37.7 Å². The summed E-state index contributed by atoms with van der Waals surface area (Å²) in [6.07, 6.45) is 5.15. The third kappa shape index (κ3) is 7.92. The Kier molecular flexibility index (Phi) is 10.5. The van der Waals surface area contributed by atoms with Crippen LogP contribution in [0, 0.1) is 0 Å². The number of guanidine groups is 1. The largest absolute Gasteiger partial charge is 0.370 e. The fourth-order valence-electron chi connectivity index (χ4n) is 3.23. The van der Waals surface area contributed by atoms with Crippen LogP contribution in [0.3, 0.4) is 0 Å². The van der Waals surface area contributed by atoms with Crippen LogP contribution in [-0.4, -0.2) is 80.0 Å². The third-order valence-electron chi connectivity index (χ3n) is 4.82. The molecule has 0 radical (unpaired) electrons. The molecular weight excluding hydrogens is 533 g/mol. The first kappa shape index (κ1) is 25.3. The maximum absolute atomic E-state index is 12.5. The number of aliphatic imine (C=N–C) groups is 1. The Morgan fingerprint density at radius 3 is 2.58 bits per heavy atom. The Labute approximate surface area is 200 Å². The molecule has 2 N–H and O–H groups in total. The van der Waals surface area contributed by atoms with Crippen LogP contribution in [0.5, 0.6) is 0 Å². The fourth-order valence-corrected chi connectivity index (χ4v) is 4.66. The van der Waals surface area contributed by atoms with Crippen molar-refractivity contribution in [3.8, 4) is 0 Å². The SMILES string of the molecule is CN=C(NCCCCNc1ccccn1)N1CCN(S(=O)(=O)Cc2ccon2)CC1.I. The van der Waals surface area contributed by atoms with Gasteiger partial charge in [0.2, 0.25) is 10.0 Å². The lowest BCUT2D eigenvalue weighted by Gasteiger charge is -2.35. The van der Waals surface area contributed by atoms with Gasteiger partial charge < -0.3 is 20.1 Å². The van der Waals surface area contributed by atoms with E-state index in [-0.39, 0.29) is 29.7 Å². The zero-order valence-corrected chi connectivity index (χ0v) is 20.8. The standard InChI is InChI=1S/C19H29N7O3S.HI/c1-20-19(23-10-5-4-9-22-18-6-2-3-8-21-18)25-11-13-26(14-12-25)30(27,28)16-17-7-15-29-24-17;/h2-3,6-8,15H,4-5,9-14,16H2,1H3,(H,20,23)(H,21,22);1H. The summed E-state index contributed by atoms with van der Waals surface area (Å²) < 4.78 is 31.3. The molecule has 2 aromatic heterocycles. The van der Waals surface area contributed by atoms with Gasteiger partial charge in [-0.05, 0) is 25.0 Å². The molecule has 2 aromatic rings. The van der Waals surface area contributed by atoms with Crippen LogP contribution in [0.25, 0.3) is 0 Å². The monoisotopic (exact) mass is 563 g/mol. The van der Waals surface area contributed by atoms with Crippen molar-refractivity contribution in [2.24, 2.45) is 4.99 Å². The number of nitrogens with one attached hydrogen (secondary N) is 2. The third-order valence-corrected chi connectivity index (χ3v) is 6.64. The molecule has 3 rings (SSSR count). The molecule has 0 unspecified atom stereocenters. The van der Waals surface area contributed by atoms with E-state index in [1.54, 1.807) is 19.3 Å². The van der Waals surface area contributed by atoms with E-state index in [1.807, 2.05) is 18.2 Å². The van der Waals surface area contributed by atoms with E-state index < -0.39 is 10.0 Å². The molecular formula is C19H30IN7O3S. The van der Waals surface area contributed by atoms with Crippen molar-refractivity contribution < 1.29 is 12.9 Å². The summed E-state index contributed by atoms with van der Waals surface area (Å²) in [5.41, 5.74) is 0.424. The Bertz CT molecular complexity index is 886. The molecule has 3 heterocycles. The average Bonchev–Trinajstić information content (AvgIpc) is 3.26. The van der Waals surface area contributed by atoms with E-state index in [1.165, 1.54) is 10.6 Å². The van der Waals surface area contributed by atoms with Gasteiger partial charge >= 0.3 is 0 Å². The van der Waals surface area contributed by atoms with E-state index in [9.17, 15) is 8.42 Å². The minimum absolute atomic E-state index is 0. The summed E-state index contributed by atoms with van der Waals surface area (Å²) in [6, 6.07) is 7.38. The van der Waals surface area contributed by atoms with Gasteiger partial charge in [0.1, 0.15) is 17.8 Å². The molecule has 0 aliphatic carbocycles. The molecule has 0 bridgehead atoms. The van der Waals surface area contributed by atoms with Gasteiger partial charge in [-0.25, -0.2) is 13.4 Å². The topological polar surface area (TPSA) is 116 Å². The number of halogens is 1. The second kappa shape index (κ2) is 12.8. The Hall–Kier alpha value is -1.93. The zero-order valence-electron chi connectivity index (χ0n) is 17.6. The number of hydrogen-bond acceptors (Lipinski definition) is 7. The summed E-state index contributed by atoms with van der Waals surface area (Å²) in [7, 11) is -1.65. The molecule has 0 atom stereocenters. The zero-order chi connectivity index (χ0) is 21.2. The average molecular weight is 563 g/mol. The minimum Gasteiger partial charge on any atom is -0.370 e. The molecule has 1 saturated heterocycles. The molecule has 1 aliphatic heterocycles. The minimum atomic E-state index is -3.40. The molecule has 0 aromatic carbocycles. The number of pyridine rings is 1. The van der Waals surface area contributed by atoms with Gasteiger partial charge in [0.15, 0.2) is 5.96 Å². The Balaban J connectivity index is 0.00000341. The van der Waals surface area contributed by atoms with Gasteiger partial charge in [-0.3, -0.25) is 4.99 Å². The highest BCUT2D eigenvalue weighted by Gasteiger charge is 2.28. The van der Waals surface area contributed by atoms with Crippen molar-refractivity contribution in [2.75, 3.05) is 51.6 Å². The van der Waals surface area contributed by atoms with Gasteiger partial charge in [0.05, 0.1) is 5.69 Å². The summed E-state index contributed by atoms with van der Waals surface area (Å²) in [6.45, 7) is 3.71. The van der Waals surface area contributed by atoms with E-state index in [4.69, 9.17) is 4.52 Å². The second-order valence-corrected chi connectivity index (χ2v) is 8.92. The predicted octanol–water partition coefficient (Wildman–Crippen LogP) is 1.60. The first-order valence-corrected chi connectivity index (χ1v) is 11.7. The van der Waals surface area contributed by atoms with Crippen molar-refractivity contribution in [3.05, 3.63) is 42.4 Å². The highest BCUT2D eigenvalue weighted by molar-refractivity contribution is 14.0. The molecule has 10 nitrogen and oxygen atoms in total. The lowest BCUT2D eigenvalue weighted by Crippen LogP contribution is -2.54. The summed E-state index contributed by atoms with van der Waals surface area (Å²) >= 11 is 0. The van der Waals surface area contributed by atoms with Crippen LogP contribution in [0.1, 0.15) is 18.5 Å². The maximum Gasteiger partial charge on any atom is 0.220 e. The first-order valence-electron chi connectivity index (χ1n) is 10.1. The van der Waals surface area contributed by atoms with Crippen LogP contribution in [0.15, 0.2) is 46.2 Å². The summed E-state index contributed by atoms with van der Waals surface area (Å²) in [5.74, 6) is 1.56. The molecule has 172 valence electrons. The van der Waals surface area contributed by atoms with Crippen molar-refractivity contribution >= 4 is 45.8 Å². The van der Waals surface area contributed by atoms with Crippen LogP contribution >= 0.6 is 24.0 Å². The van der Waals surface area contributed by atoms with Crippen LogP contribution in [0.2, 0.25) is 0 Å². The Morgan fingerprint density at radius 2 is 1.94 bits per heavy atom. The van der Waals surface area contributed by atoms with Crippen LogP contribution in [-0.2, 0) is 15.8 Å². The molecule has 1 aliphatic rings. The number of rotatable bonds is 9. The first-order chi connectivity index (χ1) is 14.6. The predicted molar refractivity (Wildman–Crippen MR) is 131 cm³/mol. The molecule has 0 spiro atoms. The normalized spacial score (nSPS) is 15.4. The number of hydrogen-bond donors (Lipinski definition) is 2. The van der Waals surface area contributed by atoms with E-state index in [2.05, 4.69) is 30.7 Å². The summed E-state index contributed by atoms with van der Waals surface area (Å²) in [5, 5.41) is 10.4. The van der Waals surface area contributed by atoms with Crippen LogP contribution in [0.4, 0.5) is 5.82 Å². The number of nitrogens with zero attached hydrogens (tertiary/aromatic N) is 5. The van der Waals surface area contributed by atoms with Crippen molar-refractivity contribution in [1.29, 1.82) is 0 Å². The molecule has 0 saturated carbocycles. The lowest BCUT2D eigenvalue weighted by molar-refractivity contribution is 0.260. The van der Waals surface area contributed by atoms with Crippen molar-refractivity contribution in [1.82, 2.24) is 24.7 Å². The van der Waals surface area contributed by atoms with Crippen molar-refractivity contribution in [2.45, 2.75) is 18.6 Å². The molecule has 1 fully saturated rings. The van der Waals surface area contributed by atoms with Gasteiger partial charge in [-0.15, -0.1) is 24.0 Å². The molecule has 31 heavy (non-hydrogen) atoms. The Morgan fingerprint density at radius 1 is 1.16 bits per heavy atom. The molecule has 12 heteroatoms. The summed E-state index contributed by atoms with van der Waals surface area (Å²) in [4.78, 5) is 10.7. The van der Waals surface area contributed by atoms with Gasteiger partial charge in [-0.1, -0.05) is 11.2 Å². The van der Waals surface area contributed by atoms with Gasteiger partial charge in [0, 0.05) is 58.6 Å². The molecule has 0 amide bonds. The van der Waals surface area contributed by atoms with E-state index in [0.29, 0.717) is 31.9 Å². The lowest BCUT2D eigenvalue weighted by atomic mass is 10.3. The number of piperazine rings is 1. The highest BCUT2D eigenvalue weighted by atomic mass is 127. The highest BCUT2D eigenvalue weighted by Crippen LogP contribution is 2.13. The quantitative estimate of drug-likeness (QED) is 0.205. The van der Waals surface area contributed by atoms with Gasteiger partial charge in [0.25, 0.3) is 0 Å². The van der Waals surface area contributed by atoms with E-state index >= 15 is 0 Å². The second-order valence-electron chi connectivity index (χ2n) is 6.96. The smallest absolute Gasteiger partial charge is 0.220 e. The van der Waals surface area contributed by atoms with Crippen molar-refractivity contribution in [3.63, 3.8) is 0 Å².